The van der Waals surface area contributed by atoms with Crippen LogP contribution in [0.4, 0.5) is 4.79 Å². The van der Waals surface area contributed by atoms with Crippen LogP contribution in [0.5, 0.6) is 0 Å². The molecule has 0 unspecified atom stereocenters. The van der Waals surface area contributed by atoms with Crippen molar-refractivity contribution in [3.05, 3.63) is 41.6 Å². The number of ether oxygens (including phenoxy) is 1. The molecule has 6 heteroatoms. The van der Waals surface area contributed by atoms with Gasteiger partial charge in [0.25, 0.3) is 5.91 Å². The van der Waals surface area contributed by atoms with Crippen LogP contribution in [-0.4, -0.2) is 58.6 Å². The molecule has 0 saturated carbocycles. The predicted molar refractivity (Wildman–Crippen MR) is 105 cm³/mol. The Morgan fingerprint density at radius 3 is 2.44 bits per heavy atom. The molecule has 27 heavy (non-hydrogen) atoms. The lowest BCUT2D eigenvalue weighted by atomic mass is 10.1. The van der Waals surface area contributed by atoms with Crippen LogP contribution in [0.1, 0.15) is 43.2 Å². The van der Waals surface area contributed by atoms with E-state index in [-0.39, 0.29) is 12.0 Å². The van der Waals surface area contributed by atoms with Gasteiger partial charge in [0.05, 0.1) is 16.8 Å². The lowest BCUT2D eigenvalue weighted by Gasteiger charge is -2.26. The SMILES string of the molecule is Cc1nc2ccccc2cc1C(=O)N1CCCN(C(=O)OC(C)(C)C)CC1. The maximum atomic E-state index is 13.1. The predicted octanol–water partition coefficient (Wildman–Crippen LogP) is 3.63. The third-order valence-electron chi connectivity index (χ3n) is 4.58. The minimum atomic E-state index is -0.521. The molecule has 0 atom stereocenters. The molecule has 2 aromatic rings. The summed E-state index contributed by atoms with van der Waals surface area (Å²) < 4.78 is 5.45. The van der Waals surface area contributed by atoms with Gasteiger partial charge < -0.3 is 14.5 Å². The van der Waals surface area contributed by atoms with Crippen molar-refractivity contribution in [3.8, 4) is 0 Å². The number of fused-ring (bicyclic) bond motifs is 1. The maximum absolute atomic E-state index is 13.1. The molecule has 1 aliphatic heterocycles. The minimum Gasteiger partial charge on any atom is -0.444 e. The van der Waals surface area contributed by atoms with Crippen molar-refractivity contribution in [2.24, 2.45) is 0 Å². The lowest BCUT2D eigenvalue weighted by Crippen LogP contribution is -2.40. The van der Waals surface area contributed by atoms with E-state index >= 15 is 0 Å². The smallest absolute Gasteiger partial charge is 0.410 e. The third kappa shape index (κ3) is 4.56. The van der Waals surface area contributed by atoms with Crippen LogP contribution >= 0.6 is 0 Å². The van der Waals surface area contributed by atoms with Crippen molar-refractivity contribution in [1.82, 2.24) is 14.8 Å². The highest BCUT2D eigenvalue weighted by Gasteiger charge is 2.27. The number of nitrogens with zero attached hydrogens (tertiary/aromatic N) is 3. The number of aryl methyl sites for hydroxylation is 1. The van der Waals surface area contributed by atoms with Crippen LogP contribution in [0.25, 0.3) is 10.9 Å². The standard InChI is InChI=1S/C21H27N3O3/c1-15-17(14-16-8-5-6-9-18(16)22-15)19(25)23-10-7-11-24(13-12-23)20(26)27-21(2,3)4/h5-6,8-9,14H,7,10-13H2,1-4H3. The van der Waals surface area contributed by atoms with Gasteiger partial charge >= 0.3 is 6.09 Å². The Bertz CT molecular complexity index is 857. The number of benzene rings is 1. The summed E-state index contributed by atoms with van der Waals surface area (Å²) >= 11 is 0. The van der Waals surface area contributed by atoms with E-state index in [0.717, 1.165) is 23.0 Å². The number of hydrogen-bond acceptors (Lipinski definition) is 4. The second-order valence-electron chi connectivity index (χ2n) is 7.93. The van der Waals surface area contributed by atoms with Gasteiger partial charge in [-0.25, -0.2) is 4.79 Å². The van der Waals surface area contributed by atoms with Crippen LogP contribution in [0.2, 0.25) is 0 Å². The number of rotatable bonds is 1. The van der Waals surface area contributed by atoms with Crippen molar-refractivity contribution < 1.29 is 14.3 Å². The second kappa shape index (κ2) is 7.55. The molecule has 0 spiro atoms. The summed E-state index contributed by atoms with van der Waals surface area (Å²) in [7, 11) is 0. The van der Waals surface area contributed by atoms with Crippen LogP contribution in [-0.2, 0) is 4.74 Å². The van der Waals surface area contributed by atoms with E-state index in [0.29, 0.717) is 31.7 Å². The first-order chi connectivity index (χ1) is 12.7. The van der Waals surface area contributed by atoms with E-state index in [9.17, 15) is 9.59 Å². The maximum Gasteiger partial charge on any atom is 0.410 e. The molecule has 144 valence electrons. The molecule has 1 saturated heterocycles. The topological polar surface area (TPSA) is 62.7 Å². The molecule has 2 amide bonds. The van der Waals surface area contributed by atoms with Crippen LogP contribution in [0, 0.1) is 6.92 Å². The van der Waals surface area contributed by atoms with Crippen LogP contribution in [0.15, 0.2) is 30.3 Å². The molecule has 2 heterocycles. The fraction of sp³-hybridized carbons (Fsp3) is 0.476. The summed E-state index contributed by atoms with van der Waals surface area (Å²) in [5, 5.41) is 0.955. The number of amides is 2. The summed E-state index contributed by atoms with van der Waals surface area (Å²) in [6, 6.07) is 9.71. The Kier molecular flexibility index (Phi) is 5.35. The summed E-state index contributed by atoms with van der Waals surface area (Å²) in [5.41, 5.74) is 1.72. The fourth-order valence-electron chi connectivity index (χ4n) is 3.23. The largest absolute Gasteiger partial charge is 0.444 e. The number of pyridine rings is 1. The first-order valence-electron chi connectivity index (χ1n) is 9.38. The highest BCUT2D eigenvalue weighted by Crippen LogP contribution is 2.19. The zero-order valence-electron chi connectivity index (χ0n) is 16.5. The van der Waals surface area contributed by atoms with E-state index in [1.54, 1.807) is 4.90 Å². The Hall–Kier alpha value is -2.63. The van der Waals surface area contributed by atoms with Crippen molar-refractivity contribution in [1.29, 1.82) is 0 Å². The number of para-hydroxylation sites is 1. The zero-order valence-corrected chi connectivity index (χ0v) is 16.5. The van der Waals surface area contributed by atoms with Gasteiger partial charge in [-0.3, -0.25) is 9.78 Å². The van der Waals surface area contributed by atoms with Crippen LogP contribution < -0.4 is 0 Å². The number of aromatic nitrogens is 1. The number of carbonyl (C=O) groups is 2. The first-order valence-corrected chi connectivity index (χ1v) is 9.38. The normalized spacial score (nSPS) is 15.6. The summed E-state index contributed by atoms with van der Waals surface area (Å²) in [4.78, 5) is 33.4. The van der Waals surface area contributed by atoms with E-state index in [4.69, 9.17) is 4.74 Å². The molecular weight excluding hydrogens is 342 g/mol. The van der Waals surface area contributed by atoms with Gasteiger partial charge in [-0.2, -0.15) is 0 Å². The Labute approximate surface area is 160 Å². The first kappa shape index (κ1) is 19.1. The quantitative estimate of drug-likeness (QED) is 0.770. The highest BCUT2D eigenvalue weighted by atomic mass is 16.6. The molecule has 1 aromatic carbocycles. The van der Waals surface area contributed by atoms with Crippen molar-refractivity contribution in [2.75, 3.05) is 26.2 Å². The monoisotopic (exact) mass is 369 g/mol. The summed E-state index contributed by atoms with van der Waals surface area (Å²) in [5.74, 6) is -0.0307. The van der Waals surface area contributed by atoms with Gasteiger partial charge in [-0.15, -0.1) is 0 Å². The minimum absolute atomic E-state index is 0.0307. The number of carbonyl (C=O) groups excluding carboxylic acids is 2. The molecule has 0 bridgehead atoms. The average Bonchev–Trinajstić information content (AvgIpc) is 2.85. The van der Waals surface area contributed by atoms with E-state index in [1.165, 1.54) is 0 Å². The second-order valence-corrected chi connectivity index (χ2v) is 7.93. The fourth-order valence-corrected chi connectivity index (χ4v) is 3.23. The van der Waals surface area contributed by atoms with E-state index in [2.05, 4.69) is 4.98 Å². The highest BCUT2D eigenvalue weighted by molar-refractivity contribution is 5.98. The Morgan fingerprint density at radius 1 is 1.04 bits per heavy atom. The third-order valence-corrected chi connectivity index (χ3v) is 4.58. The van der Waals surface area contributed by atoms with Gasteiger partial charge in [0.15, 0.2) is 0 Å². The summed E-state index contributed by atoms with van der Waals surface area (Å²) in [6.07, 6.45) is 0.408. The van der Waals surface area contributed by atoms with Crippen molar-refractivity contribution in [2.45, 2.75) is 39.7 Å². The van der Waals surface area contributed by atoms with Gasteiger partial charge in [-0.1, -0.05) is 18.2 Å². The van der Waals surface area contributed by atoms with E-state index in [1.807, 2.05) is 62.9 Å². The molecule has 6 nitrogen and oxygen atoms in total. The molecule has 1 aliphatic rings. The zero-order chi connectivity index (χ0) is 19.6. The Balaban J connectivity index is 1.73. The Morgan fingerprint density at radius 2 is 1.70 bits per heavy atom. The van der Waals surface area contributed by atoms with Gasteiger partial charge in [0.2, 0.25) is 0 Å². The van der Waals surface area contributed by atoms with Gasteiger partial charge in [-0.05, 0) is 46.2 Å². The van der Waals surface area contributed by atoms with Crippen LogP contribution in [0.3, 0.4) is 0 Å². The van der Waals surface area contributed by atoms with Crippen molar-refractivity contribution >= 4 is 22.9 Å². The molecule has 0 N–H and O–H groups in total. The van der Waals surface area contributed by atoms with Gasteiger partial charge in [0.1, 0.15) is 5.60 Å². The molecule has 1 fully saturated rings. The van der Waals surface area contributed by atoms with E-state index < -0.39 is 5.60 Å². The van der Waals surface area contributed by atoms with Gasteiger partial charge in [0, 0.05) is 31.6 Å². The summed E-state index contributed by atoms with van der Waals surface area (Å²) in [6.45, 7) is 9.60. The van der Waals surface area contributed by atoms with Crippen molar-refractivity contribution in [3.63, 3.8) is 0 Å². The number of hydrogen-bond donors (Lipinski definition) is 0. The molecule has 3 rings (SSSR count). The molecular formula is C21H27N3O3. The average molecular weight is 369 g/mol. The lowest BCUT2D eigenvalue weighted by molar-refractivity contribution is 0.0255. The molecule has 0 aliphatic carbocycles. The molecule has 1 aromatic heterocycles. The molecule has 0 radical (unpaired) electrons.